The van der Waals surface area contributed by atoms with Crippen LogP contribution in [0.25, 0.3) is 0 Å². The Morgan fingerprint density at radius 1 is 1.18 bits per heavy atom. The van der Waals surface area contributed by atoms with E-state index < -0.39 is 6.04 Å². The summed E-state index contributed by atoms with van der Waals surface area (Å²) >= 11 is 5.75. The van der Waals surface area contributed by atoms with E-state index in [-0.39, 0.29) is 24.3 Å². The number of nitrogens with one attached hydrogen (secondary N) is 1. The molecule has 33 heavy (non-hydrogen) atoms. The monoisotopic (exact) mass is 466 g/mol. The molecule has 2 amide bonds. The summed E-state index contributed by atoms with van der Waals surface area (Å²) in [6, 6.07) is 14.6. The second-order valence-corrected chi connectivity index (χ2v) is 9.10. The maximum Gasteiger partial charge on any atom is 0.256 e. The summed E-state index contributed by atoms with van der Waals surface area (Å²) in [6.45, 7) is 3.15. The minimum absolute atomic E-state index is 0.00810. The van der Waals surface area contributed by atoms with Gasteiger partial charge in [0, 0.05) is 38.6 Å². The molecule has 2 aliphatic rings. The molecule has 7 nitrogen and oxygen atoms in total. The Morgan fingerprint density at radius 2 is 1.91 bits per heavy atom. The van der Waals surface area contributed by atoms with Gasteiger partial charge in [-0.15, -0.1) is 0 Å². The first-order valence-corrected chi connectivity index (χ1v) is 11.6. The molecule has 0 saturated carbocycles. The van der Waals surface area contributed by atoms with Gasteiger partial charge in [-0.1, -0.05) is 18.2 Å². The van der Waals surface area contributed by atoms with Gasteiger partial charge in [0.2, 0.25) is 5.91 Å². The van der Waals surface area contributed by atoms with Gasteiger partial charge in [-0.3, -0.25) is 14.5 Å². The second-order valence-electron chi connectivity index (χ2n) is 8.74. The van der Waals surface area contributed by atoms with Crippen LogP contribution in [-0.4, -0.2) is 61.2 Å². The third-order valence-corrected chi connectivity index (χ3v) is 6.58. The van der Waals surface area contributed by atoms with Crippen LogP contribution < -0.4 is 15.1 Å². The first kappa shape index (κ1) is 23.2. The van der Waals surface area contributed by atoms with Crippen LogP contribution in [-0.2, 0) is 14.3 Å². The van der Waals surface area contributed by atoms with Crippen molar-refractivity contribution in [2.45, 2.75) is 38.3 Å². The highest BCUT2D eigenvalue weighted by atomic mass is 32.1. The third-order valence-electron chi connectivity index (χ3n) is 6.17. The number of amides is 2. The maximum absolute atomic E-state index is 13.5. The minimum Gasteiger partial charge on any atom is -0.378 e. The number of carbonyl (C=O) groups excluding carboxylic acids is 2. The number of ether oxygens (including phenoxy) is 1. The van der Waals surface area contributed by atoms with E-state index in [1.54, 1.807) is 4.90 Å². The topological polar surface area (TPSA) is 65.1 Å². The molecule has 0 aliphatic carbocycles. The molecule has 2 heterocycles. The lowest BCUT2D eigenvalue weighted by Gasteiger charge is -2.26. The number of aryl methyl sites for hydroxylation is 1. The fraction of sp³-hybridized carbons (Fsp3) is 0.400. The number of anilines is 3. The Bertz CT molecular complexity index is 1030. The SMILES string of the molecule is Cc1ccccc1NC(=O)CC1C(=O)N(c2ccc(N(C)C)cc2)C(=S)N1CC1CCCO1. The molecule has 2 aromatic rings. The normalized spacial score (nSPS) is 20.5. The van der Waals surface area contributed by atoms with Crippen LogP contribution in [0.4, 0.5) is 17.1 Å². The van der Waals surface area contributed by atoms with Gasteiger partial charge >= 0.3 is 0 Å². The summed E-state index contributed by atoms with van der Waals surface area (Å²) in [7, 11) is 3.93. The molecule has 2 aliphatic heterocycles. The van der Waals surface area contributed by atoms with Gasteiger partial charge in [-0.2, -0.15) is 0 Å². The molecular weight excluding hydrogens is 436 g/mol. The highest BCUT2D eigenvalue weighted by Crippen LogP contribution is 2.30. The minimum atomic E-state index is -0.667. The number of hydrogen-bond acceptors (Lipinski definition) is 5. The standard InChI is InChI=1S/C25H30N4O3S/c1-17-7-4-5-9-21(17)26-23(30)15-22-24(31)29(19-12-10-18(11-13-19)27(2)3)25(33)28(22)16-20-8-6-14-32-20/h4-5,7,9-13,20,22H,6,8,14-16H2,1-3H3,(H,26,30). The van der Waals surface area contributed by atoms with Gasteiger partial charge in [0.1, 0.15) is 6.04 Å². The fourth-order valence-corrected chi connectivity index (χ4v) is 4.67. The van der Waals surface area contributed by atoms with Crippen LogP contribution >= 0.6 is 12.2 Å². The average molecular weight is 467 g/mol. The Kier molecular flexibility index (Phi) is 6.95. The van der Waals surface area contributed by atoms with Crippen molar-refractivity contribution in [2.75, 3.05) is 42.4 Å². The van der Waals surface area contributed by atoms with Crippen molar-refractivity contribution < 1.29 is 14.3 Å². The summed E-state index contributed by atoms with van der Waals surface area (Å²) in [6.07, 6.45) is 1.95. The van der Waals surface area contributed by atoms with Crippen LogP contribution in [0.15, 0.2) is 48.5 Å². The molecule has 2 unspecified atom stereocenters. The van der Waals surface area contributed by atoms with Crippen molar-refractivity contribution in [1.29, 1.82) is 0 Å². The first-order chi connectivity index (χ1) is 15.8. The van der Waals surface area contributed by atoms with Crippen molar-refractivity contribution in [3.05, 3.63) is 54.1 Å². The predicted molar refractivity (Wildman–Crippen MR) is 135 cm³/mol. The molecule has 0 radical (unpaired) electrons. The lowest BCUT2D eigenvalue weighted by atomic mass is 10.1. The summed E-state index contributed by atoms with van der Waals surface area (Å²) in [4.78, 5) is 31.9. The number of carbonyl (C=O) groups is 2. The van der Waals surface area contributed by atoms with E-state index in [0.717, 1.165) is 29.8 Å². The molecule has 4 rings (SSSR count). The predicted octanol–water partition coefficient (Wildman–Crippen LogP) is 3.57. The van der Waals surface area contributed by atoms with E-state index >= 15 is 0 Å². The van der Waals surface area contributed by atoms with E-state index in [9.17, 15) is 9.59 Å². The quantitative estimate of drug-likeness (QED) is 0.630. The molecule has 2 fully saturated rings. The summed E-state index contributed by atoms with van der Waals surface area (Å²) in [5.74, 6) is -0.400. The molecule has 2 atom stereocenters. The van der Waals surface area contributed by atoms with E-state index in [0.29, 0.717) is 24.0 Å². The van der Waals surface area contributed by atoms with E-state index in [2.05, 4.69) is 5.32 Å². The van der Waals surface area contributed by atoms with Crippen LogP contribution in [0.5, 0.6) is 0 Å². The molecule has 2 saturated heterocycles. The molecule has 174 valence electrons. The molecular formula is C25H30N4O3S. The largest absolute Gasteiger partial charge is 0.378 e. The van der Waals surface area contributed by atoms with Gasteiger partial charge in [0.05, 0.1) is 18.2 Å². The number of nitrogens with zero attached hydrogens (tertiary/aromatic N) is 3. The number of para-hydroxylation sites is 1. The van der Waals surface area contributed by atoms with Crippen molar-refractivity contribution in [3.63, 3.8) is 0 Å². The summed E-state index contributed by atoms with van der Waals surface area (Å²) < 4.78 is 5.81. The second kappa shape index (κ2) is 9.89. The van der Waals surface area contributed by atoms with Crippen molar-refractivity contribution in [3.8, 4) is 0 Å². The van der Waals surface area contributed by atoms with Crippen molar-refractivity contribution in [2.24, 2.45) is 0 Å². The summed E-state index contributed by atoms with van der Waals surface area (Å²) in [5.41, 5.74) is 3.45. The van der Waals surface area contributed by atoms with Crippen LogP contribution in [0, 0.1) is 6.92 Å². The highest BCUT2D eigenvalue weighted by Gasteiger charge is 2.45. The molecule has 2 aromatic carbocycles. The molecule has 0 aromatic heterocycles. The zero-order valence-electron chi connectivity index (χ0n) is 19.3. The van der Waals surface area contributed by atoms with E-state index in [1.165, 1.54) is 0 Å². The zero-order chi connectivity index (χ0) is 23.5. The molecule has 8 heteroatoms. The van der Waals surface area contributed by atoms with Crippen LogP contribution in [0.2, 0.25) is 0 Å². The number of rotatable bonds is 7. The van der Waals surface area contributed by atoms with Crippen LogP contribution in [0.3, 0.4) is 0 Å². The third kappa shape index (κ3) is 5.02. The Labute approximate surface area is 200 Å². The number of thiocarbonyl (C=S) groups is 1. The number of hydrogen-bond donors (Lipinski definition) is 1. The lowest BCUT2D eigenvalue weighted by Crippen LogP contribution is -2.42. The Hall–Kier alpha value is -2.97. The first-order valence-electron chi connectivity index (χ1n) is 11.2. The number of benzene rings is 2. The molecule has 0 bridgehead atoms. The van der Waals surface area contributed by atoms with E-state index in [1.807, 2.05) is 79.3 Å². The molecule has 0 spiro atoms. The van der Waals surface area contributed by atoms with Gasteiger partial charge in [-0.25, -0.2) is 0 Å². The maximum atomic E-state index is 13.5. The molecule has 1 N–H and O–H groups in total. The van der Waals surface area contributed by atoms with Crippen molar-refractivity contribution in [1.82, 2.24) is 4.90 Å². The Morgan fingerprint density at radius 3 is 2.55 bits per heavy atom. The van der Waals surface area contributed by atoms with E-state index in [4.69, 9.17) is 17.0 Å². The van der Waals surface area contributed by atoms with Crippen LogP contribution in [0.1, 0.15) is 24.8 Å². The smallest absolute Gasteiger partial charge is 0.256 e. The highest BCUT2D eigenvalue weighted by molar-refractivity contribution is 7.80. The zero-order valence-corrected chi connectivity index (χ0v) is 20.1. The van der Waals surface area contributed by atoms with Gasteiger partial charge in [0.15, 0.2) is 5.11 Å². The Balaban J connectivity index is 1.56. The van der Waals surface area contributed by atoms with Gasteiger partial charge < -0.3 is 19.9 Å². The average Bonchev–Trinajstić information content (AvgIpc) is 3.38. The van der Waals surface area contributed by atoms with Gasteiger partial charge in [0.25, 0.3) is 5.91 Å². The lowest BCUT2D eigenvalue weighted by molar-refractivity contribution is -0.124. The van der Waals surface area contributed by atoms with Gasteiger partial charge in [-0.05, 0) is 67.9 Å². The summed E-state index contributed by atoms with van der Waals surface area (Å²) in [5, 5.41) is 3.36. The fourth-order valence-electron chi connectivity index (χ4n) is 4.28. The van der Waals surface area contributed by atoms with Crippen molar-refractivity contribution >= 4 is 46.2 Å².